The molecule has 1 aromatic carbocycles. The van der Waals surface area contributed by atoms with Crippen LogP contribution >= 0.6 is 24.0 Å². The summed E-state index contributed by atoms with van der Waals surface area (Å²) in [5.41, 5.74) is 2.03. The third-order valence-electron chi connectivity index (χ3n) is 5.10. The van der Waals surface area contributed by atoms with Gasteiger partial charge in [0.15, 0.2) is 5.96 Å². The van der Waals surface area contributed by atoms with Gasteiger partial charge in [-0.2, -0.15) is 0 Å². The van der Waals surface area contributed by atoms with Gasteiger partial charge in [0.25, 0.3) is 0 Å². The van der Waals surface area contributed by atoms with Crippen LogP contribution in [0.5, 0.6) is 0 Å². The molecule has 150 valence electrons. The Kier molecular flexibility index (Phi) is 8.82. The first kappa shape index (κ1) is 21.9. The van der Waals surface area contributed by atoms with E-state index in [0.29, 0.717) is 0 Å². The van der Waals surface area contributed by atoms with Gasteiger partial charge in [-0.05, 0) is 55.5 Å². The molecular formula is C20H31FIN5. The Morgan fingerprint density at radius 3 is 2.93 bits per heavy atom. The number of hydrogen-bond donors (Lipinski definition) is 3. The van der Waals surface area contributed by atoms with Crippen LogP contribution in [0.25, 0.3) is 10.9 Å². The number of nitrogens with one attached hydrogen (secondary N) is 3. The largest absolute Gasteiger partial charge is 0.361 e. The highest BCUT2D eigenvalue weighted by Crippen LogP contribution is 2.19. The molecule has 2 aromatic rings. The van der Waals surface area contributed by atoms with Gasteiger partial charge in [-0.25, -0.2) is 4.39 Å². The molecule has 7 heteroatoms. The number of hydrogen-bond acceptors (Lipinski definition) is 2. The molecule has 2 heterocycles. The molecule has 0 spiro atoms. The molecule has 3 N–H and O–H groups in total. The predicted molar refractivity (Wildman–Crippen MR) is 122 cm³/mol. The second kappa shape index (κ2) is 10.8. The molecule has 0 radical (unpaired) electrons. The lowest BCUT2D eigenvalue weighted by molar-refractivity contribution is 0.187. The molecule has 1 atom stereocenters. The summed E-state index contributed by atoms with van der Waals surface area (Å²) in [4.78, 5) is 9.96. The van der Waals surface area contributed by atoms with E-state index in [2.05, 4.69) is 32.4 Å². The Morgan fingerprint density at radius 2 is 2.15 bits per heavy atom. The van der Waals surface area contributed by atoms with Gasteiger partial charge in [0, 0.05) is 50.3 Å². The number of piperidine rings is 1. The van der Waals surface area contributed by atoms with Crippen molar-refractivity contribution in [2.45, 2.75) is 26.2 Å². The summed E-state index contributed by atoms with van der Waals surface area (Å²) < 4.78 is 13.3. The van der Waals surface area contributed by atoms with Crippen molar-refractivity contribution >= 4 is 40.8 Å². The van der Waals surface area contributed by atoms with Gasteiger partial charge in [0.2, 0.25) is 0 Å². The first-order valence-electron chi connectivity index (χ1n) is 9.58. The van der Waals surface area contributed by atoms with Crippen molar-refractivity contribution in [3.63, 3.8) is 0 Å². The maximum absolute atomic E-state index is 13.3. The Bertz CT molecular complexity index is 745. The molecule has 27 heavy (non-hydrogen) atoms. The Morgan fingerprint density at radius 1 is 1.33 bits per heavy atom. The molecule has 0 aliphatic carbocycles. The second-order valence-corrected chi connectivity index (χ2v) is 7.23. The van der Waals surface area contributed by atoms with Gasteiger partial charge in [-0.3, -0.25) is 4.99 Å². The number of rotatable bonds is 6. The van der Waals surface area contributed by atoms with Crippen LogP contribution in [-0.2, 0) is 6.42 Å². The maximum Gasteiger partial charge on any atom is 0.191 e. The smallest absolute Gasteiger partial charge is 0.191 e. The van der Waals surface area contributed by atoms with E-state index in [1.165, 1.54) is 43.6 Å². The van der Waals surface area contributed by atoms with Crippen LogP contribution in [-0.4, -0.2) is 55.6 Å². The monoisotopic (exact) mass is 487 g/mol. The average molecular weight is 487 g/mol. The number of guanidine groups is 1. The Hall–Kier alpha value is -1.35. The van der Waals surface area contributed by atoms with Gasteiger partial charge < -0.3 is 20.5 Å². The van der Waals surface area contributed by atoms with Crippen molar-refractivity contribution in [2.75, 3.05) is 39.8 Å². The van der Waals surface area contributed by atoms with Crippen molar-refractivity contribution in [3.05, 3.63) is 35.8 Å². The molecule has 1 unspecified atom stereocenters. The third kappa shape index (κ3) is 6.34. The maximum atomic E-state index is 13.3. The number of likely N-dealkylation sites (tertiary alicyclic amines) is 1. The molecule has 0 saturated carbocycles. The summed E-state index contributed by atoms with van der Waals surface area (Å²) in [5, 5.41) is 7.84. The van der Waals surface area contributed by atoms with E-state index in [4.69, 9.17) is 0 Å². The zero-order valence-electron chi connectivity index (χ0n) is 16.2. The highest BCUT2D eigenvalue weighted by molar-refractivity contribution is 14.0. The SMILES string of the molecule is CN=C(NCCc1c[nH]c2cc(F)ccc12)NCCN1CCCC(C)C1.I. The number of aromatic amines is 1. The summed E-state index contributed by atoms with van der Waals surface area (Å²) in [6, 6.07) is 4.88. The zero-order chi connectivity index (χ0) is 18.4. The molecular weight excluding hydrogens is 456 g/mol. The summed E-state index contributed by atoms with van der Waals surface area (Å²) in [5.74, 6) is 1.43. The van der Waals surface area contributed by atoms with E-state index in [0.717, 1.165) is 48.8 Å². The fourth-order valence-electron chi connectivity index (χ4n) is 3.72. The van der Waals surface area contributed by atoms with E-state index in [1.807, 2.05) is 12.3 Å². The fraction of sp³-hybridized carbons (Fsp3) is 0.550. The Balaban J connectivity index is 0.00000261. The van der Waals surface area contributed by atoms with Gasteiger partial charge in [0.1, 0.15) is 5.82 Å². The van der Waals surface area contributed by atoms with Gasteiger partial charge in [0.05, 0.1) is 0 Å². The first-order valence-corrected chi connectivity index (χ1v) is 9.58. The number of aromatic nitrogens is 1. The summed E-state index contributed by atoms with van der Waals surface area (Å²) >= 11 is 0. The molecule has 0 amide bonds. The topological polar surface area (TPSA) is 55.5 Å². The van der Waals surface area contributed by atoms with Crippen molar-refractivity contribution in [3.8, 4) is 0 Å². The molecule has 0 bridgehead atoms. The molecule has 5 nitrogen and oxygen atoms in total. The standard InChI is InChI=1S/C20H30FN5.HI/c1-15-4-3-10-26(14-15)11-9-24-20(22-2)23-8-7-16-13-25-19-12-17(21)5-6-18(16)19;/h5-6,12-13,15,25H,3-4,7-11,14H2,1-2H3,(H2,22,23,24);1H. The Labute approximate surface area is 178 Å². The predicted octanol–water partition coefficient (Wildman–Crippen LogP) is 3.36. The molecule has 1 aromatic heterocycles. The molecule has 3 rings (SSSR count). The minimum Gasteiger partial charge on any atom is -0.361 e. The lowest BCUT2D eigenvalue weighted by atomic mass is 10.0. The zero-order valence-corrected chi connectivity index (χ0v) is 18.6. The highest BCUT2D eigenvalue weighted by atomic mass is 127. The minimum absolute atomic E-state index is 0. The number of benzene rings is 1. The van der Waals surface area contributed by atoms with Crippen LogP contribution in [0, 0.1) is 11.7 Å². The summed E-state index contributed by atoms with van der Waals surface area (Å²) in [7, 11) is 1.80. The van der Waals surface area contributed by atoms with Crippen molar-refractivity contribution in [2.24, 2.45) is 10.9 Å². The van der Waals surface area contributed by atoms with Crippen molar-refractivity contribution in [1.82, 2.24) is 20.5 Å². The van der Waals surface area contributed by atoms with Gasteiger partial charge in [-0.1, -0.05) is 6.92 Å². The van der Waals surface area contributed by atoms with Crippen LogP contribution in [0.2, 0.25) is 0 Å². The van der Waals surface area contributed by atoms with Crippen LogP contribution in [0.3, 0.4) is 0 Å². The normalized spacial score (nSPS) is 18.3. The average Bonchev–Trinajstić information content (AvgIpc) is 3.02. The number of H-pyrrole nitrogens is 1. The molecule has 1 fully saturated rings. The van der Waals surface area contributed by atoms with E-state index < -0.39 is 0 Å². The van der Waals surface area contributed by atoms with E-state index in [-0.39, 0.29) is 29.8 Å². The number of nitrogens with zero attached hydrogens (tertiary/aromatic N) is 2. The highest BCUT2D eigenvalue weighted by Gasteiger charge is 2.15. The minimum atomic E-state index is -0.211. The molecule has 1 aliphatic rings. The number of aliphatic imine (C=N–C) groups is 1. The quantitative estimate of drug-likeness (QED) is 0.333. The summed E-state index contributed by atoms with van der Waals surface area (Å²) in [6.45, 7) is 7.48. The van der Waals surface area contributed by atoms with E-state index >= 15 is 0 Å². The van der Waals surface area contributed by atoms with E-state index in [1.54, 1.807) is 7.05 Å². The van der Waals surface area contributed by atoms with Gasteiger partial charge >= 0.3 is 0 Å². The number of fused-ring (bicyclic) bond motifs is 1. The van der Waals surface area contributed by atoms with Crippen LogP contribution < -0.4 is 10.6 Å². The van der Waals surface area contributed by atoms with Crippen LogP contribution in [0.1, 0.15) is 25.3 Å². The molecule has 1 saturated heterocycles. The van der Waals surface area contributed by atoms with Crippen LogP contribution in [0.15, 0.2) is 29.4 Å². The lowest BCUT2D eigenvalue weighted by Crippen LogP contribution is -2.44. The van der Waals surface area contributed by atoms with Crippen molar-refractivity contribution < 1.29 is 4.39 Å². The lowest BCUT2D eigenvalue weighted by Gasteiger charge is -2.30. The third-order valence-corrected chi connectivity index (χ3v) is 5.10. The fourth-order valence-corrected chi connectivity index (χ4v) is 3.72. The second-order valence-electron chi connectivity index (χ2n) is 7.23. The van der Waals surface area contributed by atoms with Gasteiger partial charge in [-0.15, -0.1) is 24.0 Å². The van der Waals surface area contributed by atoms with Crippen LogP contribution in [0.4, 0.5) is 4.39 Å². The van der Waals surface area contributed by atoms with E-state index in [9.17, 15) is 4.39 Å². The summed E-state index contributed by atoms with van der Waals surface area (Å²) in [6.07, 6.45) is 5.48. The molecule has 1 aliphatic heterocycles. The number of halogens is 2. The van der Waals surface area contributed by atoms with Crippen molar-refractivity contribution in [1.29, 1.82) is 0 Å². The first-order chi connectivity index (χ1) is 12.7.